The summed E-state index contributed by atoms with van der Waals surface area (Å²) in [6.45, 7) is 8.54. The Bertz CT molecular complexity index is 540. The number of nitrogens with one attached hydrogen (secondary N) is 1. The number of aryl methyl sites for hydroxylation is 1. The van der Waals surface area contributed by atoms with Crippen molar-refractivity contribution in [3.63, 3.8) is 0 Å². The van der Waals surface area contributed by atoms with Gasteiger partial charge in [-0.05, 0) is 51.0 Å². The van der Waals surface area contributed by atoms with Crippen molar-refractivity contribution in [3.05, 3.63) is 29.1 Å². The van der Waals surface area contributed by atoms with E-state index in [9.17, 15) is 9.18 Å². The zero-order chi connectivity index (χ0) is 15.1. The van der Waals surface area contributed by atoms with E-state index in [4.69, 9.17) is 5.73 Å². The Kier molecular flexibility index (Phi) is 3.73. The van der Waals surface area contributed by atoms with Crippen molar-refractivity contribution in [1.82, 2.24) is 5.32 Å². The SMILES string of the molecule is Cc1cc(N2CCNC(=O)C2(C)C)c([C@H](C)N)cc1F. The van der Waals surface area contributed by atoms with Gasteiger partial charge in [0, 0.05) is 24.8 Å². The lowest BCUT2D eigenvalue weighted by Crippen LogP contribution is -2.62. The van der Waals surface area contributed by atoms with Gasteiger partial charge in [-0.2, -0.15) is 0 Å². The van der Waals surface area contributed by atoms with Gasteiger partial charge < -0.3 is 16.0 Å². The maximum absolute atomic E-state index is 13.8. The molecule has 2 rings (SSSR count). The fourth-order valence-electron chi connectivity index (χ4n) is 2.60. The van der Waals surface area contributed by atoms with Crippen LogP contribution in [0.25, 0.3) is 0 Å². The highest BCUT2D eigenvalue weighted by atomic mass is 19.1. The molecule has 0 radical (unpaired) electrons. The number of carbonyl (C=O) groups is 1. The summed E-state index contributed by atoms with van der Waals surface area (Å²) in [4.78, 5) is 14.1. The summed E-state index contributed by atoms with van der Waals surface area (Å²) in [6.07, 6.45) is 0. The molecule has 1 aromatic rings. The Morgan fingerprint density at radius 1 is 1.45 bits per heavy atom. The predicted octanol–water partition coefficient (Wildman–Crippen LogP) is 1.87. The van der Waals surface area contributed by atoms with Crippen LogP contribution < -0.4 is 16.0 Å². The molecule has 3 N–H and O–H groups in total. The van der Waals surface area contributed by atoms with Crippen LogP contribution in [0.5, 0.6) is 0 Å². The molecule has 1 aliphatic heterocycles. The molecule has 0 spiro atoms. The molecule has 0 aromatic heterocycles. The van der Waals surface area contributed by atoms with Crippen LogP contribution in [0.1, 0.15) is 37.9 Å². The van der Waals surface area contributed by atoms with Gasteiger partial charge in [0.2, 0.25) is 5.91 Å². The summed E-state index contributed by atoms with van der Waals surface area (Å²) in [5.41, 5.74) is 7.43. The van der Waals surface area contributed by atoms with Gasteiger partial charge in [-0.25, -0.2) is 4.39 Å². The average molecular weight is 279 g/mol. The minimum absolute atomic E-state index is 0.0265. The zero-order valence-corrected chi connectivity index (χ0v) is 12.5. The molecule has 1 atom stereocenters. The molecule has 0 saturated carbocycles. The highest BCUT2D eigenvalue weighted by Crippen LogP contribution is 2.33. The van der Waals surface area contributed by atoms with Gasteiger partial charge in [0.25, 0.3) is 0 Å². The summed E-state index contributed by atoms with van der Waals surface area (Å²) in [7, 11) is 0. The molecule has 1 heterocycles. The number of benzene rings is 1. The van der Waals surface area contributed by atoms with Crippen molar-refractivity contribution >= 4 is 11.6 Å². The van der Waals surface area contributed by atoms with Crippen molar-refractivity contribution in [3.8, 4) is 0 Å². The lowest BCUT2D eigenvalue weighted by molar-refractivity contribution is -0.126. The number of rotatable bonds is 2. The molecular weight excluding hydrogens is 257 g/mol. The van der Waals surface area contributed by atoms with Crippen molar-refractivity contribution in [2.24, 2.45) is 5.73 Å². The van der Waals surface area contributed by atoms with E-state index in [0.717, 1.165) is 11.3 Å². The first-order valence-corrected chi connectivity index (χ1v) is 6.86. The van der Waals surface area contributed by atoms with Crippen LogP contribution in [-0.4, -0.2) is 24.5 Å². The van der Waals surface area contributed by atoms with Crippen LogP contribution >= 0.6 is 0 Å². The van der Waals surface area contributed by atoms with Crippen molar-refractivity contribution in [2.45, 2.75) is 39.3 Å². The van der Waals surface area contributed by atoms with Gasteiger partial charge in [-0.3, -0.25) is 4.79 Å². The fraction of sp³-hybridized carbons (Fsp3) is 0.533. The molecule has 1 amide bonds. The molecule has 1 saturated heterocycles. The highest BCUT2D eigenvalue weighted by Gasteiger charge is 2.38. The Morgan fingerprint density at radius 3 is 2.70 bits per heavy atom. The molecular formula is C15H22FN3O. The van der Waals surface area contributed by atoms with E-state index in [2.05, 4.69) is 5.32 Å². The number of hydrogen-bond acceptors (Lipinski definition) is 3. The van der Waals surface area contributed by atoms with E-state index in [1.807, 2.05) is 25.7 Å². The Labute approximate surface area is 119 Å². The van der Waals surface area contributed by atoms with Gasteiger partial charge >= 0.3 is 0 Å². The van der Waals surface area contributed by atoms with Gasteiger partial charge in [0.1, 0.15) is 11.4 Å². The minimum Gasteiger partial charge on any atom is -0.355 e. The number of halogens is 1. The molecule has 0 bridgehead atoms. The Morgan fingerprint density at radius 2 is 2.10 bits per heavy atom. The van der Waals surface area contributed by atoms with Crippen LogP contribution in [0.2, 0.25) is 0 Å². The summed E-state index contributed by atoms with van der Waals surface area (Å²) in [5, 5.41) is 2.86. The number of nitrogens with two attached hydrogens (primary N) is 1. The number of piperazine rings is 1. The first-order chi connectivity index (χ1) is 9.25. The number of anilines is 1. The smallest absolute Gasteiger partial charge is 0.245 e. The summed E-state index contributed by atoms with van der Waals surface area (Å²) < 4.78 is 13.8. The van der Waals surface area contributed by atoms with Gasteiger partial charge in [0.05, 0.1) is 0 Å². The van der Waals surface area contributed by atoms with Crippen LogP contribution in [-0.2, 0) is 4.79 Å². The molecule has 110 valence electrons. The maximum atomic E-state index is 13.8. The Hall–Kier alpha value is -1.62. The standard InChI is InChI=1S/C15H22FN3O/c1-9-7-13(11(10(2)17)8-12(9)16)19-6-5-18-14(20)15(19,3)4/h7-8,10H,5-6,17H2,1-4H3,(H,18,20)/t10-/m0/s1. The molecule has 0 aliphatic carbocycles. The van der Waals surface area contributed by atoms with Gasteiger partial charge in [0.15, 0.2) is 0 Å². The lowest BCUT2D eigenvalue weighted by Gasteiger charge is -2.44. The monoisotopic (exact) mass is 279 g/mol. The fourth-order valence-corrected chi connectivity index (χ4v) is 2.60. The van der Waals surface area contributed by atoms with Crippen molar-refractivity contribution in [1.29, 1.82) is 0 Å². The van der Waals surface area contributed by atoms with Crippen molar-refractivity contribution in [2.75, 3.05) is 18.0 Å². The molecule has 1 aliphatic rings. The van der Waals surface area contributed by atoms with E-state index in [1.165, 1.54) is 6.07 Å². The van der Waals surface area contributed by atoms with E-state index >= 15 is 0 Å². The summed E-state index contributed by atoms with van der Waals surface area (Å²) in [6, 6.07) is 2.98. The first-order valence-electron chi connectivity index (χ1n) is 6.86. The zero-order valence-electron chi connectivity index (χ0n) is 12.5. The second kappa shape index (κ2) is 5.05. The van der Waals surface area contributed by atoms with Gasteiger partial charge in [-0.15, -0.1) is 0 Å². The normalized spacial score (nSPS) is 19.7. The summed E-state index contributed by atoms with van der Waals surface area (Å²) in [5.74, 6) is -0.290. The second-order valence-corrected chi connectivity index (χ2v) is 5.92. The minimum atomic E-state index is -0.674. The first kappa shape index (κ1) is 14.8. The molecule has 4 nitrogen and oxygen atoms in total. The van der Waals surface area contributed by atoms with Gasteiger partial charge in [-0.1, -0.05) is 0 Å². The molecule has 1 aromatic carbocycles. The van der Waals surface area contributed by atoms with Crippen LogP contribution in [0, 0.1) is 12.7 Å². The predicted molar refractivity (Wildman–Crippen MR) is 78.2 cm³/mol. The van der Waals surface area contributed by atoms with E-state index < -0.39 is 5.54 Å². The number of nitrogens with zero attached hydrogens (tertiary/aromatic N) is 1. The number of carbonyl (C=O) groups excluding carboxylic acids is 1. The molecule has 1 fully saturated rings. The third-order valence-electron chi connectivity index (χ3n) is 3.94. The molecule has 0 unspecified atom stereocenters. The van der Waals surface area contributed by atoms with E-state index in [0.29, 0.717) is 18.7 Å². The molecule has 5 heteroatoms. The maximum Gasteiger partial charge on any atom is 0.245 e. The number of hydrogen-bond donors (Lipinski definition) is 2. The Balaban J connectivity index is 2.56. The highest BCUT2D eigenvalue weighted by molar-refractivity contribution is 5.90. The quantitative estimate of drug-likeness (QED) is 0.869. The van der Waals surface area contributed by atoms with Crippen LogP contribution in [0.3, 0.4) is 0 Å². The lowest BCUT2D eigenvalue weighted by atomic mass is 9.94. The largest absolute Gasteiger partial charge is 0.355 e. The third-order valence-corrected chi connectivity index (χ3v) is 3.94. The van der Waals surface area contributed by atoms with Crippen molar-refractivity contribution < 1.29 is 9.18 Å². The van der Waals surface area contributed by atoms with E-state index in [1.54, 1.807) is 13.0 Å². The average Bonchev–Trinajstić information content (AvgIpc) is 2.35. The third kappa shape index (κ3) is 2.38. The van der Waals surface area contributed by atoms with E-state index in [-0.39, 0.29) is 17.8 Å². The van der Waals surface area contributed by atoms with Crippen LogP contribution in [0.15, 0.2) is 12.1 Å². The second-order valence-electron chi connectivity index (χ2n) is 5.92. The van der Waals surface area contributed by atoms with Crippen LogP contribution in [0.4, 0.5) is 10.1 Å². The topological polar surface area (TPSA) is 58.4 Å². The molecule has 20 heavy (non-hydrogen) atoms. The number of amides is 1. The summed E-state index contributed by atoms with van der Waals surface area (Å²) >= 11 is 0.